The minimum Gasteiger partial charge on any atom is -0.359 e. The highest BCUT2D eigenvalue weighted by atomic mass is 127. The van der Waals surface area contributed by atoms with E-state index in [-0.39, 0.29) is 34.7 Å². The van der Waals surface area contributed by atoms with E-state index in [2.05, 4.69) is 20.3 Å². The Morgan fingerprint density at radius 1 is 1.42 bits per heavy atom. The molecule has 1 rings (SSSR count). The average molecular weight is 439 g/mol. The molecule has 0 aliphatic rings. The van der Waals surface area contributed by atoms with Gasteiger partial charge < -0.3 is 10.6 Å². The number of nitrogens with one attached hydrogen (secondary N) is 3. The summed E-state index contributed by atoms with van der Waals surface area (Å²) in [7, 11) is -0.102. The number of rotatable bonds is 5. The molecule has 0 bridgehead atoms. The summed E-state index contributed by atoms with van der Waals surface area (Å²) >= 11 is 6.72. The zero-order chi connectivity index (χ0) is 13.6. The first kappa shape index (κ1) is 18.9. The molecule has 0 radical (unpaired) electrons. The molecule has 1 aromatic rings. The zero-order valence-electron chi connectivity index (χ0n) is 10.4. The second-order valence-electron chi connectivity index (χ2n) is 3.21. The van der Waals surface area contributed by atoms with E-state index >= 15 is 0 Å². The van der Waals surface area contributed by atoms with Crippen LogP contribution in [0.1, 0.15) is 0 Å². The van der Waals surface area contributed by atoms with Gasteiger partial charge in [-0.15, -0.1) is 35.3 Å². The summed E-state index contributed by atoms with van der Waals surface area (Å²) in [6.45, 7) is 0.699. The summed E-state index contributed by atoms with van der Waals surface area (Å²) in [5.41, 5.74) is 0. The second kappa shape index (κ2) is 8.95. The van der Waals surface area contributed by atoms with Crippen molar-refractivity contribution in [3.63, 3.8) is 0 Å². The molecule has 0 spiro atoms. The number of guanidine groups is 1. The number of thiophene rings is 1. The molecule has 0 atom stereocenters. The number of aliphatic imine (C=N–C) groups is 1. The van der Waals surface area contributed by atoms with Crippen LogP contribution in [-0.2, 0) is 10.0 Å². The van der Waals surface area contributed by atoms with Crippen molar-refractivity contribution in [1.82, 2.24) is 15.4 Å². The van der Waals surface area contributed by atoms with Crippen molar-refractivity contribution in [3.8, 4) is 0 Å². The molecule has 0 saturated carbocycles. The molecular weight excluding hydrogens is 423 g/mol. The van der Waals surface area contributed by atoms with E-state index in [1.54, 1.807) is 20.2 Å². The summed E-state index contributed by atoms with van der Waals surface area (Å²) in [5.74, 6) is 0.605. The van der Waals surface area contributed by atoms with Gasteiger partial charge in [-0.2, -0.15) is 0 Å². The van der Waals surface area contributed by atoms with E-state index in [4.69, 9.17) is 11.6 Å². The summed E-state index contributed by atoms with van der Waals surface area (Å²) in [4.78, 5) is 3.90. The molecular formula is C9H16ClIN4O2S2. The molecule has 0 aliphatic carbocycles. The minimum atomic E-state index is -3.47. The molecule has 0 aromatic carbocycles. The van der Waals surface area contributed by atoms with Crippen molar-refractivity contribution < 1.29 is 8.42 Å². The molecule has 0 fully saturated rings. The summed E-state index contributed by atoms with van der Waals surface area (Å²) in [6, 6.07) is 3.04. The third-order valence-electron chi connectivity index (χ3n) is 1.98. The largest absolute Gasteiger partial charge is 0.359 e. The van der Waals surface area contributed by atoms with Crippen LogP contribution in [0.4, 0.5) is 0 Å². The van der Waals surface area contributed by atoms with Crippen LogP contribution >= 0.6 is 46.9 Å². The molecule has 1 heterocycles. The van der Waals surface area contributed by atoms with Gasteiger partial charge in [-0.3, -0.25) is 4.99 Å². The molecule has 6 nitrogen and oxygen atoms in total. The topological polar surface area (TPSA) is 82.6 Å². The first-order valence-electron chi connectivity index (χ1n) is 5.13. The van der Waals surface area contributed by atoms with Crippen molar-refractivity contribution in [2.24, 2.45) is 4.99 Å². The molecule has 110 valence electrons. The van der Waals surface area contributed by atoms with Gasteiger partial charge in [0, 0.05) is 27.2 Å². The highest BCUT2D eigenvalue weighted by Crippen LogP contribution is 2.24. The first-order chi connectivity index (χ1) is 8.49. The molecule has 19 heavy (non-hydrogen) atoms. The average Bonchev–Trinajstić information content (AvgIpc) is 2.77. The molecule has 3 N–H and O–H groups in total. The van der Waals surface area contributed by atoms with Crippen LogP contribution in [0.5, 0.6) is 0 Å². The normalized spacial score (nSPS) is 11.8. The fourth-order valence-electron chi connectivity index (χ4n) is 1.16. The smallest absolute Gasteiger partial charge is 0.250 e. The highest BCUT2D eigenvalue weighted by Gasteiger charge is 2.15. The van der Waals surface area contributed by atoms with Crippen molar-refractivity contribution in [2.45, 2.75) is 4.21 Å². The van der Waals surface area contributed by atoms with Gasteiger partial charge in [0.25, 0.3) is 0 Å². The third kappa shape index (κ3) is 6.25. The standard InChI is InChI=1S/C9H15ClN4O2S2.HI/c1-11-9(12-2)13-5-6-14-18(15,16)8-4-3-7(10)17-8;/h3-4,14H,5-6H2,1-2H3,(H2,11,12,13);1H. The zero-order valence-corrected chi connectivity index (χ0v) is 15.2. The fraction of sp³-hybridized carbons (Fsp3) is 0.444. The van der Waals surface area contributed by atoms with Gasteiger partial charge in [0.1, 0.15) is 4.21 Å². The molecule has 10 heteroatoms. The Labute approximate surface area is 139 Å². The van der Waals surface area contributed by atoms with Crippen LogP contribution in [-0.4, -0.2) is 41.6 Å². The van der Waals surface area contributed by atoms with Crippen LogP contribution in [0.25, 0.3) is 0 Å². The first-order valence-corrected chi connectivity index (χ1v) is 7.81. The van der Waals surface area contributed by atoms with Gasteiger partial charge in [0.15, 0.2) is 5.96 Å². The number of halogens is 2. The van der Waals surface area contributed by atoms with Gasteiger partial charge in [-0.05, 0) is 12.1 Å². The van der Waals surface area contributed by atoms with Crippen LogP contribution in [0.2, 0.25) is 4.34 Å². The maximum absolute atomic E-state index is 11.8. The van der Waals surface area contributed by atoms with Gasteiger partial charge in [0.2, 0.25) is 10.0 Å². The quantitative estimate of drug-likeness (QED) is 0.278. The van der Waals surface area contributed by atoms with Crippen LogP contribution < -0.4 is 15.4 Å². The maximum atomic E-state index is 11.8. The van der Waals surface area contributed by atoms with E-state index in [1.165, 1.54) is 6.07 Å². The highest BCUT2D eigenvalue weighted by molar-refractivity contribution is 14.0. The Balaban J connectivity index is 0.00000324. The summed E-state index contributed by atoms with van der Waals surface area (Å²) in [6.07, 6.45) is 0. The van der Waals surface area contributed by atoms with Gasteiger partial charge in [-0.25, -0.2) is 13.1 Å². The Morgan fingerprint density at radius 2 is 2.11 bits per heavy atom. The van der Waals surface area contributed by atoms with E-state index in [9.17, 15) is 8.42 Å². The molecule has 0 saturated heterocycles. The summed E-state index contributed by atoms with van der Waals surface area (Å²) in [5, 5.41) is 5.77. The molecule has 1 aromatic heterocycles. The molecule has 0 aliphatic heterocycles. The van der Waals surface area contributed by atoms with E-state index in [1.807, 2.05) is 0 Å². The van der Waals surface area contributed by atoms with E-state index < -0.39 is 10.0 Å². The lowest BCUT2D eigenvalue weighted by Crippen LogP contribution is -2.39. The number of hydrogen-bond acceptors (Lipinski definition) is 4. The fourth-order valence-corrected chi connectivity index (χ4v) is 3.72. The van der Waals surface area contributed by atoms with Crippen molar-refractivity contribution in [1.29, 1.82) is 0 Å². The predicted molar refractivity (Wildman–Crippen MR) is 90.4 cm³/mol. The lowest BCUT2D eigenvalue weighted by Gasteiger charge is -2.09. The Bertz CT molecular complexity index is 518. The van der Waals surface area contributed by atoms with Gasteiger partial charge in [0.05, 0.1) is 4.34 Å². The monoisotopic (exact) mass is 438 g/mol. The second-order valence-corrected chi connectivity index (χ2v) is 6.91. The lowest BCUT2D eigenvalue weighted by molar-refractivity contribution is 0.583. The molecule has 0 unspecified atom stereocenters. The number of sulfonamides is 1. The van der Waals surface area contributed by atoms with Crippen LogP contribution in [0, 0.1) is 0 Å². The maximum Gasteiger partial charge on any atom is 0.250 e. The van der Waals surface area contributed by atoms with E-state index in [0.717, 1.165) is 11.3 Å². The van der Waals surface area contributed by atoms with Crippen LogP contribution in [0.3, 0.4) is 0 Å². The Kier molecular flexibility index (Phi) is 8.90. The van der Waals surface area contributed by atoms with E-state index in [0.29, 0.717) is 16.8 Å². The van der Waals surface area contributed by atoms with Gasteiger partial charge >= 0.3 is 0 Å². The Morgan fingerprint density at radius 3 is 2.58 bits per heavy atom. The third-order valence-corrected chi connectivity index (χ3v) is 5.17. The lowest BCUT2D eigenvalue weighted by atomic mass is 10.6. The van der Waals surface area contributed by atoms with Crippen LogP contribution in [0.15, 0.2) is 21.3 Å². The van der Waals surface area contributed by atoms with Crippen molar-refractivity contribution in [3.05, 3.63) is 16.5 Å². The van der Waals surface area contributed by atoms with Crippen molar-refractivity contribution in [2.75, 3.05) is 27.2 Å². The molecule has 0 amide bonds. The number of nitrogens with zero attached hydrogens (tertiary/aromatic N) is 1. The summed E-state index contributed by atoms with van der Waals surface area (Å²) < 4.78 is 26.7. The SMILES string of the molecule is CN=C(NC)NCCNS(=O)(=O)c1ccc(Cl)s1.I. The number of hydrogen-bond donors (Lipinski definition) is 3. The van der Waals surface area contributed by atoms with Crippen molar-refractivity contribution >= 4 is 62.9 Å². The Hall–Kier alpha value is -0.1000. The minimum absolute atomic E-state index is 0. The predicted octanol–water partition coefficient (Wildman–Crippen LogP) is 1.09. The van der Waals surface area contributed by atoms with Gasteiger partial charge in [-0.1, -0.05) is 11.6 Å².